The van der Waals surface area contributed by atoms with Crippen LogP contribution in [-0.4, -0.2) is 29.4 Å². The zero-order chi connectivity index (χ0) is 23.2. The SMILES string of the molecule is COc1cc(C=NNc2nc(-c3ccccc3)c(C#N)c(=O)[nH]2)c(Cl)cc1OC1CCCC1. The highest BCUT2D eigenvalue weighted by Gasteiger charge is 2.19. The highest BCUT2D eigenvalue weighted by molar-refractivity contribution is 6.33. The summed E-state index contributed by atoms with van der Waals surface area (Å²) in [6.07, 6.45) is 6.03. The van der Waals surface area contributed by atoms with E-state index in [1.165, 1.54) is 6.21 Å². The number of halogens is 1. The van der Waals surface area contributed by atoms with Gasteiger partial charge in [0.05, 0.1) is 30.1 Å². The Labute approximate surface area is 195 Å². The molecule has 0 spiro atoms. The van der Waals surface area contributed by atoms with Gasteiger partial charge in [-0.25, -0.2) is 10.4 Å². The summed E-state index contributed by atoms with van der Waals surface area (Å²) in [7, 11) is 1.57. The number of anilines is 1. The molecule has 8 nitrogen and oxygen atoms in total. The van der Waals surface area contributed by atoms with Crippen molar-refractivity contribution in [3.05, 3.63) is 69.0 Å². The molecule has 1 aliphatic rings. The number of ether oxygens (including phenoxy) is 2. The topological polar surface area (TPSA) is 112 Å². The van der Waals surface area contributed by atoms with Gasteiger partial charge in [0.15, 0.2) is 11.5 Å². The van der Waals surface area contributed by atoms with Gasteiger partial charge < -0.3 is 9.47 Å². The Kier molecular flexibility index (Phi) is 6.91. The van der Waals surface area contributed by atoms with E-state index in [0.717, 1.165) is 25.7 Å². The lowest BCUT2D eigenvalue weighted by molar-refractivity contribution is 0.201. The maximum absolute atomic E-state index is 12.4. The molecule has 9 heteroatoms. The summed E-state index contributed by atoms with van der Waals surface area (Å²) in [5.41, 5.74) is 3.59. The van der Waals surface area contributed by atoms with Crippen LogP contribution < -0.4 is 20.5 Å². The molecule has 168 valence electrons. The number of aromatic amines is 1. The van der Waals surface area contributed by atoms with E-state index in [1.54, 1.807) is 43.5 Å². The molecule has 0 bridgehead atoms. The van der Waals surface area contributed by atoms with Gasteiger partial charge in [0.1, 0.15) is 11.6 Å². The van der Waals surface area contributed by atoms with Gasteiger partial charge in [-0.3, -0.25) is 9.78 Å². The first-order chi connectivity index (χ1) is 16.1. The molecule has 0 unspecified atom stereocenters. The fourth-order valence-corrected chi connectivity index (χ4v) is 3.89. The van der Waals surface area contributed by atoms with Crippen molar-refractivity contribution in [2.75, 3.05) is 12.5 Å². The van der Waals surface area contributed by atoms with Crippen LogP contribution in [0.3, 0.4) is 0 Å². The Balaban J connectivity index is 1.56. The van der Waals surface area contributed by atoms with Crippen molar-refractivity contribution in [1.82, 2.24) is 9.97 Å². The molecule has 1 aliphatic carbocycles. The number of nitrogens with one attached hydrogen (secondary N) is 2. The molecule has 1 aromatic heterocycles. The lowest BCUT2D eigenvalue weighted by Crippen LogP contribution is -2.16. The molecule has 2 N–H and O–H groups in total. The van der Waals surface area contributed by atoms with Crippen molar-refractivity contribution in [3.8, 4) is 28.8 Å². The van der Waals surface area contributed by atoms with Gasteiger partial charge in [0.2, 0.25) is 5.95 Å². The zero-order valence-corrected chi connectivity index (χ0v) is 18.7. The molecular formula is C24H22ClN5O3. The van der Waals surface area contributed by atoms with Gasteiger partial charge in [-0.05, 0) is 31.7 Å². The predicted octanol–water partition coefficient (Wildman–Crippen LogP) is 4.74. The highest BCUT2D eigenvalue weighted by Crippen LogP contribution is 2.35. The Morgan fingerprint density at radius 1 is 1.24 bits per heavy atom. The van der Waals surface area contributed by atoms with Crippen LogP contribution in [0, 0.1) is 11.3 Å². The van der Waals surface area contributed by atoms with Crippen molar-refractivity contribution in [2.24, 2.45) is 5.10 Å². The van der Waals surface area contributed by atoms with Gasteiger partial charge >= 0.3 is 0 Å². The summed E-state index contributed by atoms with van der Waals surface area (Å²) < 4.78 is 11.5. The Morgan fingerprint density at radius 3 is 2.70 bits per heavy atom. The maximum atomic E-state index is 12.4. The minimum atomic E-state index is -0.558. The van der Waals surface area contributed by atoms with Gasteiger partial charge in [-0.2, -0.15) is 10.4 Å². The van der Waals surface area contributed by atoms with Crippen molar-refractivity contribution >= 4 is 23.8 Å². The standard InChI is InChI=1S/C24H22ClN5O3/c1-32-20-11-16(19(25)12-21(20)33-17-9-5-6-10-17)14-27-30-24-28-22(15-7-3-2-4-8-15)18(13-26)23(31)29-24/h2-4,7-8,11-12,14,17H,5-6,9-10H2,1H3,(H2,28,29,30,31). The number of nitriles is 1. The van der Waals surface area contributed by atoms with Crippen molar-refractivity contribution in [2.45, 2.75) is 31.8 Å². The van der Waals surface area contributed by atoms with Crippen LogP contribution in [0.15, 0.2) is 52.4 Å². The second-order valence-corrected chi connectivity index (χ2v) is 7.94. The molecule has 0 atom stereocenters. The number of H-pyrrole nitrogens is 1. The van der Waals surface area contributed by atoms with Crippen molar-refractivity contribution in [1.29, 1.82) is 5.26 Å². The number of nitrogens with zero attached hydrogens (tertiary/aromatic N) is 3. The van der Waals surface area contributed by atoms with Crippen LogP contribution in [0.5, 0.6) is 11.5 Å². The number of benzene rings is 2. The maximum Gasteiger partial charge on any atom is 0.270 e. The molecule has 0 radical (unpaired) electrons. The van der Waals surface area contributed by atoms with Gasteiger partial charge in [-0.15, -0.1) is 0 Å². The third-order valence-corrected chi connectivity index (χ3v) is 5.66. The Hall–Kier alpha value is -3.83. The van der Waals surface area contributed by atoms with E-state index in [-0.39, 0.29) is 23.3 Å². The fraction of sp³-hybridized carbons (Fsp3) is 0.250. The first kappa shape index (κ1) is 22.4. The minimum Gasteiger partial charge on any atom is -0.493 e. The summed E-state index contributed by atoms with van der Waals surface area (Å²) in [5, 5.41) is 14.0. The molecule has 4 rings (SSSR count). The number of rotatable bonds is 7. The largest absolute Gasteiger partial charge is 0.493 e. The van der Waals surface area contributed by atoms with Crippen LogP contribution in [0.1, 0.15) is 36.8 Å². The molecule has 1 saturated carbocycles. The third kappa shape index (κ3) is 5.16. The second kappa shape index (κ2) is 10.2. The summed E-state index contributed by atoms with van der Waals surface area (Å²) >= 11 is 6.43. The lowest BCUT2D eigenvalue weighted by atomic mass is 10.1. The van der Waals surface area contributed by atoms with Gasteiger partial charge in [0.25, 0.3) is 5.56 Å². The van der Waals surface area contributed by atoms with Crippen LogP contribution >= 0.6 is 11.6 Å². The van der Waals surface area contributed by atoms with Crippen LogP contribution in [0.25, 0.3) is 11.3 Å². The smallest absolute Gasteiger partial charge is 0.270 e. The predicted molar refractivity (Wildman–Crippen MR) is 127 cm³/mol. The fourth-order valence-electron chi connectivity index (χ4n) is 3.68. The van der Waals surface area contributed by atoms with Crippen LogP contribution in [0.2, 0.25) is 5.02 Å². The van der Waals surface area contributed by atoms with E-state index < -0.39 is 5.56 Å². The van der Waals surface area contributed by atoms with E-state index in [9.17, 15) is 10.1 Å². The quantitative estimate of drug-likeness (QED) is 0.386. The summed E-state index contributed by atoms with van der Waals surface area (Å²) in [6, 6.07) is 14.4. The second-order valence-electron chi connectivity index (χ2n) is 7.53. The first-order valence-corrected chi connectivity index (χ1v) is 10.9. The number of hydrogen-bond donors (Lipinski definition) is 2. The van der Waals surface area contributed by atoms with E-state index in [2.05, 4.69) is 20.5 Å². The first-order valence-electron chi connectivity index (χ1n) is 10.5. The Morgan fingerprint density at radius 2 is 2.00 bits per heavy atom. The highest BCUT2D eigenvalue weighted by atomic mass is 35.5. The molecule has 0 saturated heterocycles. The van der Waals surface area contributed by atoms with Crippen LogP contribution in [-0.2, 0) is 0 Å². The molecule has 2 aromatic carbocycles. The normalized spacial score (nSPS) is 13.7. The van der Waals surface area contributed by atoms with Crippen molar-refractivity contribution in [3.63, 3.8) is 0 Å². The Bertz CT molecular complexity index is 1260. The monoisotopic (exact) mass is 463 g/mol. The summed E-state index contributed by atoms with van der Waals surface area (Å²) in [6.45, 7) is 0. The van der Waals surface area contributed by atoms with E-state index >= 15 is 0 Å². The van der Waals surface area contributed by atoms with Crippen LogP contribution in [0.4, 0.5) is 5.95 Å². The molecule has 1 fully saturated rings. The molecule has 1 heterocycles. The zero-order valence-electron chi connectivity index (χ0n) is 18.0. The van der Waals surface area contributed by atoms with Gasteiger partial charge in [-0.1, -0.05) is 41.9 Å². The van der Waals surface area contributed by atoms with E-state index in [0.29, 0.717) is 27.6 Å². The summed E-state index contributed by atoms with van der Waals surface area (Å²) in [4.78, 5) is 19.2. The average Bonchev–Trinajstić information content (AvgIpc) is 3.34. The van der Waals surface area contributed by atoms with Gasteiger partial charge in [0, 0.05) is 17.2 Å². The third-order valence-electron chi connectivity index (χ3n) is 5.33. The average molecular weight is 464 g/mol. The molecular weight excluding hydrogens is 442 g/mol. The number of hydrogen-bond acceptors (Lipinski definition) is 7. The summed E-state index contributed by atoms with van der Waals surface area (Å²) in [5.74, 6) is 1.26. The van der Waals surface area contributed by atoms with Crippen molar-refractivity contribution < 1.29 is 9.47 Å². The van der Waals surface area contributed by atoms with E-state index in [4.69, 9.17) is 21.1 Å². The molecule has 3 aromatic rings. The van der Waals surface area contributed by atoms with E-state index in [1.807, 2.05) is 12.1 Å². The molecule has 0 amide bonds. The minimum absolute atomic E-state index is 0.0682. The molecule has 0 aliphatic heterocycles. The molecule has 33 heavy (non-hydrogen) atoms. The number of aromatic nitrogens is 2. The number of methoxy groups -OCH3 is 1. The number of hydrazone groups is 1. The lowest BCUT2D eigenvalue weighted by Gasteiger charge is -2.16.